The van der Waals surface area contributed by atoms with E-state index in [9.17, 15) is 10.1 Å². The molecule has 0 aromatic carbocycles. The molecule has 0 amide bonds. The van der Waals surface area contributed by atoms with E-state index in [2.05, 4.69) is 10.3 Å². The standard InChI is InChI=1S/C6H6N4O2S/c1-7-4-5(10(11)12)9-2-3-13-6(9)8-4/h2-3,7H,1H3. The summed E-state index contributed by atoms with van der Waals surface area (Å²) >= 11 is 1.36. The Morgan fingerprint density at radius 2 is 2.54 bits per heavy atom. The second-order valence-corrected chi connectivity index (χ2v) is 3.22. The summed E-state index contributed by atoms with van der Waals surface area (Å²) < 4.78 is 1.45. The molecule has 0 spiro atoms. The third-order valence-electron chi connectivity index (χ3n) is 1.65. The van der Waals surface area contributed by atoms with Gasteiger partial charge < -0.3 is 15.4 Å². The number of fused-ring (bicyclic) bond motifs is 1. The lowest BCUT2D eigenvalue weighted by atomic mass is 10.6. The molecule has 7 heteroatoms. The summed E-state index contributed by atoms with van der Waals surface area (Å²) in [5.41, 5.74) is 0. The van der Waals surface area contributed by atoms with Crippen LogP contribution < -0.4 is 5.32 Å². The van der Waals surface area contributed by atoms with Crippen LogP contribution in [-0.4, -0.2) is 21.4 Å². The van der Waals surface area contributed by atoms with Gasteiger partial charge in [-0.1, -0.05) is 11.3 Å². The highest BCUT2D eigenvalue weighted by molar-refractivity contribution is 7.15. The van der Waals surface area contributed by atoms with Crippen LogP contribution in [0.25, 0.3) is 4.96 Å². The minimum absolute atomic E-state index is 0.0150. The van der Waals surface area contributed by atoms with Crippen molar-refractivity contribution < 1.29 is 4.92 Å². The van der Waals surface area contributed by atoms with E-state index < -0.39 is 4.92 Å². The van der Waals surface area contributed by atoms with Crippen LogP contribution in [0.15, 0.2) is 11.6 Å². The summed E-state index contributed by atoms with van der Waals surface area (Å²) in [5.74, 6) is 0.288. The van der Waals surface area contributed by atoms with Crippen molar-refractivity contribution >= 4 is 27.9 Å². The SMILES string of the molecule is CNc1nc2sccn2c1[N+](=O)[O-]. The molecule has 0 saturated heterocycles. The average Bonchev–Trinajstić information content (AvgIpc) is 2.59. The van der Waals surface area contributed by atoms with E-state index in [0.717, 1.165) is 0 Å². The van der Waals surface area contributed by atoms with Crippen molar-refractivity contribution in [3.8, 4) is 0 Å². The molecule has 2 aromatic heterocycles. The van der Waals surface area contributed by atoms with E-state index in [-0.39, 0.29) is 5.82 Å². The van der Waals surface area contributed by atoms with E-state index in [1.165, 1.54) is 15.7 Å². The molecule has 2 heterocycles. The fraction of sp³-hybridized carbons (Fsp3) is 0.167. The molecule has 0 aliphatic carbocycles. The van der Waals surface area contributed by atoms with Gasteiger partial charge in [-0.3, -0.25) is 0 Å². The molecule has 2 rings (SSSR count). The molecule has 0 aliphatic heterocycles. The molecule has 1 N–H and O–H groups in total. The second kappa shape index (κ2) is 2.70. The van der Waals surface area contributed by atoms with Crippen molar-refractivity contribution in [2.45, 2.75) is 0 Å². The topological polar surface area (TPSA) is 72.5 Å². The lowest BCUT2D eigenvalue weighted by Crippen LogP contribution is -1.97. The Bertz CT molecular complexity index is 460. The molecular weight excluding hydrogens is 192 g/mol. The molecule has 0 bridgehead atoms. The summed E-state index contributed by atoms with van der Waals surface area (Å²) in [5, 5.41) is 15.1. The first kappa shape index (κ1) is 7.99. The second-order valence-electron chi connectivity index (χ2n) is 2.35. The maximum atomic E-state index is 10.7. The van der Waals surface area contributed by atoms with Gasteiger partial charge in [0.05, 0.1) is 0 Å². The smallest absolute Gasteiger partial charge is 0.366 e. The summed E-state index contributed by atoms with van der Waals surface area (Å²) in [6.07, 6.45) is 1.63. The predicted molar refractivity (Wildman–Crippen MR) is 49.3 cm³/mol. The quantitative estimate of drug-likeness (QED) is 0.584. The summed E-state index contributed by atoms with van der Waals surface area (Å²) in [6, 6.07) is 0. The van der Waals surface area contributed by atoms with Crippen LogP contribution in [-0.2, 0) is 0 Å². The Hall–Kier alpha value is -1.63. The zero-order valence-corrected chi connectivity index (χ0v) is 7.54. The van der Waals surface area contributed by atoms with Crippen LogP contribution in [0.5, 0.6) is 0 Å². The van der Waals surface area contributed by atoms with Gasteiger partial charge in [0.1, 0.15) is 6.20 Å². The zero-order chi connectivity index (χ0) is 9.42. The van der Waals surface area contributed by atoms with E-state index in [1.54, 1.807) is 18.6 Å². The van der Waals surface area contributed by atoms with Gasteiger partial charge in [0, 0.05) is 12.4 Å². The number of anilines is 1. The number of aromatic nitrogens is 2. The molecule has 68 valence electrons. The first-order chi connectivity index (χ1) is 6.24. The molecule has 0 aliphatic rings. The normalized spacial score (nSPS) is 10.5. The third kappa shape index (κ3) is 1.04. The largest absolute Gasteiger partial charge is 0.372 e. The van der Waals surface area contributed by atoms with Gasteiger partial charge in [0.15, 0.2) is 0 Å². The van der Waals surface area contributed by atoms with Crippen LogP contribution in [0.1, 0.15) is 0 Å². The molecule has 0 saturated carbocycles. The Kier molecular flexibility index (Phi) is 1.66. The maximum Gasteiger partial charge on any atom is 0.372 e. The van der Waals surface area contributed by atoms with Gasteiger partial charge in [0.2, 0.25) is 5.82 Å². The van der Waals surface area contributed by atoms with Crippen LogP contribution in [0.4, 0.5) is 11.6 Å². The summed E-state index contributed by atoms with van der Waals surface area (Å²) in [4.78, 5) is 14.9. The first-order valence-corrected chi connectivity index (χ1v) is 4.39. The van der Waals surface area contributed by atoms with Gasteiger partial charge in [-0.2, -0.15) is 9.38 Å². The van der Waals surface area contributed by atoms with Crippen LogP contribution in [0, 0.1) is 10.1 Å². The number of rotatable bonds is 2. The Labute approximate surface area is 77.0 Å². The molecule has 0 fully saturated rings. The lowest BCUT2D eigenvalue weighted by Gasteiger charge is -1.94. The van der Waals surface area contributed by atoms with Crippen molar-refractivity contribution in [3.05, 3.63) is 21.7 Å². The molecule has 0 atom stereocenters. The van der Waals surface area contributed by atoms with Crippen molar-refractivity contribution in [2.75, 3.05) is 12.4 Å². The number of hydrogen-bond acceptors (Lipinski definition) is 5. The number of nitrogens with zero attached hydrogens (tertiary/aromatic N) is 3. The number of nitro groups is 1. The Morgan fingerprint density at radius 3 is 3.15 bits per heavy atom. The molecule has 6 nitrogen and oxygen atoms in total. The maximum absolute atomic E-state index is 10.7. The predicted octanol–water partition coefficient (Wildman–Crippen LogP) is 1.35. The average molecular weight is 198 g/mol. The van der Waals surface area contributed by atoms with Gasteiger partial charge in [-0.15, -0.1) is 0 Å². The van der Waals surface area contributed by atoms with E-state index in [4.69, 9.17) is 0 Å². The molecule has 0 unspecified atom stereocenters. The summed E-state index contributed by atoms with van der Waals surface area (Å²) in [6.45, 7) is 0. The van der Waals surface area contributed by atoms with Crippen LogP contribution in [0.3, 0.4) is 0 Å². The number of nitrogens with one attached hydrogen (secondary N) is 1. The monoisotopic (exact) mass is 198 g/mol. The van der Waals surface area contributed by atoms with E-state index >= 15 is 0 Å². The number of thiazole rings is 1. The van der Waals surface area contributed by atoms with Gasteiger partial charge >= 0.3 is 5.82 Å². The van der Waals surface area contributed by atoms with E-state index in [0.29, 0.717) is 10.8 Å². The van der Waals surface area contributed by atoms with Crippen molar-refractivity contribution in [1.82, 2.24) is 9.38 Å². The fourth-order valence-corrected chi connectivity index (χ4v) is 1.83. The zero-order valence-electron chi connectivity index (χ0n) is 6.72. The van der Waals surface area contributed by atoms with Crippen LogP contribution in [0.2, 0.25) is 0 Å². The van der Waals surface area contributed by atoms with Crippen LogP contribution >= 0.6 is 11.3 Å². The summed E-state index contributed by atoms with van der Waals surface area (Å²) in [7, 11) is 1.61. The highest BCUT2D eigenvalue weighted by atomic mass is 32.1. The highest BCUT2D eigenvalue weighted by Gasteiger charge is 2.21. The van der Waals surface area contributed by atoms with Crippen molar-refractivity contribution in [3.63, 3.8) is 0 Å². The minimum Gasteiger partial charge on any atom is -0.366 e. The molecule has 0 radical (unpaired) electrons. The lowest BCUT2D eigenvalue weighted by molar-refractivity contribution is -0.389. The number of imidazole rings is 1. The Morgan fingerprint density at radius 1 is 1.77 bits per heavy atom. The van der Waals surface area contributed by atoms with Gasteiger partial charge in [-0.05, 0) is 4.92 Å². The van der Waals surface area contributed by atoms with E-state index in [1.807, 2.05) is 0 Å². The molecule has 13 heavy (non-hydrogen) atoms. The Balaban J connectivity index is 2.77. The number of hydrogen-bond donors (Lipinski definition) is 1. The van der Waals surface area contributed by atoms with Gasteiger partial charge in [0.25, 0.3) is 4.96 Å². The highest BCUT2D eigenvalue weighted by Crippen LogP contribution is 2.27. The fourth-order valence-electron chi connectivity index (χ4n) is 1.12. The third-order valence-corrected chi connectivity index (χ3v) is 2.40. The van der Waals surface area contributed by atoms with Gasteiger partial charge in [-0.25, -0.2) is 0 Å². The van der Waals surface area contributed by atoms with Crippen molar-refractivity contribution in [2.24, 2.45) is 0 Å². The molecular formula is C6H6N4O2S. The van der Waals surface area contributed by atoms with Crippen molar-refractivity contribution in [1.29, 1.82) is 0 Å². The minimum atomic E-state index is -0.446. The first-order valence-electron chi connectivity index (χ1n) is 3.51. The molecule has 2 aromatic rings.